The second-order valence-electron chi connectivity index (χ2n) is 5.45. The molecule has 0 spiro atoms. The quantitative estimate of drug-likeness (QED) is 0.617. The van der Waals surface area contributed by atoms with Crippen LogP contribution in [0.4, 0.5) is 0 Å². The van der Waals surface area contributed by atoms with Crippen LogP contribution in [0.3, 0.4) is 0 Å². The molecule has 0 fully saturated rings. The van der Waals surface area contributed by atoms with Gasteiger partial charge in [-0.25, -0.2) is 15.0 Å². The van der Waals surface area contributed by atoms with Crippen molar-refractivity contribution >= 4 is 11.2 Å². The van der Waals surface area contributed by atoms with Gasteiger partial charge in [-0.2, -0.15) is 0 Å². The predicted molar refractivity (Wildman–Crippen MR) is 95.7 cm³/mol. The van der Waals surface area contributed by atoms with E-state index in [1.54, 1.807) is 20.5 Å². The number of methoxy groups -OCH3 is 2. The average molecular weight is 332 g/mol. The van der Waals surface area contributed by atoms with Crippen molar-refractivity contribution in [3.8, 4) is 34.1 Å². The molecule has 2 aromatic carbocycles. The highest BCUT2D eigenvalue weighted by Gasteiger charge is 2.13. The van der Waals surface area contributed by atoms with Crippen LogP contribution in [0.25, 0.3) is 33.8 Å². The van der Waals surface area contributed by atoms with Gasteiger partial charge >= 0.3 is 0 Å². The first kappa shape index (κ1) is 15.1. The predicted octanol–water partition coefficient (Wildman–Crippen LogP) is 3.70. The summed E-state index contributed by atoms with van der Waals surface area (Å²) in [5.74, 6) is 2.21. The van der Waals surface area contributed by atoms with E-state index in [1.807, 2.05) is 48.5 Å². The standard InChI is InChI=1S/C19H16N4O2/c1-24-14-7-3-12(4-8-14)16-17-19(21-11-20-17)23-18(22-16)13-5-9-15(25-2)10-6-13/h3-11H,1-2H3,(H,20,21,22,23). The van der Waals surface area contributed by atoms with Crippen LogP contribution >= 0.6 is 0 Å². The van der Waals surface area contributed by atoms with Gasteiger partial charge in [-0.05, 0) is 48.5 Å². The molecule has 6 nitrogen and oxygen atoms in total. The van der Waals surface area contributed by atoms with Gasteiger partial charge in [0, 0.05) is 11.1 Å². The first-order valence-corrected chi connectivity index (χ1v) is 7.78. The lowest BCUT2D eigenvalue weighted by Crippen LogP contribution is -1.95. The Labute approximate surface area is 144 Å². The molecule has 0 saturated heterocycles. The van der Waals surface area contributed by atoms with Crippen LogP contribution in [-0.4, -0.2) is 34.2 Å². The topological polar surface area (TPSA) is 72.9 Å². The Bertz CT molecular complexity index is 1010. The number of aromatic nitrogens is 4. The third-order valence-electron chi connectivity index (χ3n) is 4.00. The number of rotatable bonds is 4. The van der Waals surface area contributed by atoms with Crippen LogP contribution in [0.5, 0.6) is 11.5 Å². The van der Waals surface area contributed by atoms with Gasteiger partial charge < -0.3 is 14.5 Å². The number of imidazole rings is 1. The molecule has 0 saturated carbocycles. The van der Waals surface area contributed by atoms with Gasteiger partial charge in [-0.1, -0.05) is 0 Å². The zero-order valence-corrected chi connectivity index (χ0v) is 13.9. The lowest BCUT2D eigenvalue weighted by molar-refractivity contribution is 0.415. The van der Waals surface area contributed by atoms with E-state index in [9.17, 15) is 0 Å². The molecule has 6 heteroatoms. The Hall–Kier alpha value is -3.41. The first-order chi connectivity index (χ1) is 12.3. The molecule has 124 valence electrons. The van der Waals surface area contributed by atoms with E-state index in [-0.39, 0.29) is 0 Å². The van der Waals surface area contributed by atoms with Gasteiger partial charge in [0.1, 0.15) is 22.7 Å². The summed E-state index contributed by atoms with van der Waals surface area (Å²) < 4.78 is 10.4. The monoisotopic (exact) mass is 332 g/mol. The fourth-order valence-electron chi connectivity index (χ4n) is 2.66. The van der Waals surface area contributed by atoms with Gasteiger partial charge in [-0.15, -0.1) is 0 Å². The van der Waals surface area contributed by atoms with Crippen molar-refractivity contribution in [2.45, 2.75) is 0 Å². The summed E-state index contributed by atoms with van der Waals surface area (Å²) in [5, 5.41) is 0. The second-order valence-corrected chi connectivity index (χ2v) is 5.45. The van der Waals surface area contributed by atoms with Crippen molar-refractivity contribution in [1.82, 2.24) is 19.9 Å². The number of H-pyrrole nitrogens is 1. The Balaban J connectivity index is 1.86. The number of nitrogens with zero attached hydrogens (tertiary/aromatic N) is 3. The molecule has 0 atom stereocenters. The normalized spacial score (nSPS) is 10.8. The molecule has 25 heavy (non-hydrogen) atoms. The molecule has 4 rings (SSSR count). The smallest absolute Gasteiger partial charge is 0.181 e. The van der Waals surface area contributed by atoms with Gasteiger partial charge in [0.25, 0.3) is 0 Å². The number of aromatic amines is 1. The molecule has 0 amide bonds. The summed E-state index contributed by atoms with van der Waals surface area (Å²) in [6.45, 7) is 0. The Morgan fingerprint density at radius 1 is 0.760 bits per heavy atom. The van der Waals surface area contributed by atoms with Gasteiger partial charge in [-0.3, -0.25) is 0 Å². The van der Waals surface area contributed by atoms with Gasteiger partial charge in [0.15, 0.2) is 11.5 Å². The molecular formula is C19H16N4O2. The van der Waals surface area contributed by atoms with Crippen LogP contribution in [0.2, 0.25) is 0 Å². The summed E-state index contributed by atoms with van der Waals surface area (Å²) in [4.78, 5) is 16.7. The minimum absolute atomic E-state index is 0.619. The Kier molecular flexibility index (Phi) is 3.78. The summed E-state index contributed by atoms with van der Waals surface area (Å²) in [6.07, 6.45) is 1.63. The van der Waals surface area contributed by atoms with Crippen molar-refractivity contribution in [2.75, 3.05) is 14.2 Å². The van der Waals surface area contributed by atoms with Gasteiger partial charge in [0.2, 0.25) is 0 Å². The van der Waals surface area contributed by atoms with Crippen molar-refractivity contribution < 1.29 is 9.47 Å². The highest BCUT2D eigenvalue weighted by atomic mass is 16.5. The summed E-state index contributed by atoms with van der Waals surface area (Å²) in [7, 11) is 3.29. The zero-order valence-electron chi connectivity index (χ0n) is 13.9. The molecular weight excluding hydrogens is 316 g/mol. The van der Waals surface area contributed by atoms with Crippen LogP contribution in [0, 0.1) is 0 Å². The summed E-state index contributed by atoms with van der Waals surface area (Å²) in [6, 6.07) is 15.4. The molecule has 2 heterocycles. The van der Waals surface area contributed by atoms with E-state index in [0.717, 1.165) is 33.8 Å². The zero-order chi connectivity index (χ0) is 17.2. The highest BCUT2D eigenvalue weighted by Crippen LogP contribution is 2.29. The van der Waals surface area contributed by atoms with Crippen molar-refractivity contribution in [3.05, 3.63) is 54.9 Å². The fourth-order valence-corrected chi connectivity index (χ4v) is 2.66. The van der Waals surface area contributed by atoms with E-state index < -0.39 is 0 Å². The lowest BCUT2D eigenvalue weighted by Gasteiger charge is -2.07. The number of hydrogen-bond donors (Lipinski definition) is 1. The maximum absolute atomic E-state index is 5.23. The minimum Gasteiger partial charge on any atom is -0.497 e. The molecule has 0 aliphatic heterocycles. The maximum atomic E-state index is 5.23. The number of fused-ring (bicyclic) bond motifs is 1. The van der Waals surface area contributed by atoms with Crippen LogP contribution in [0.15, 0.2) is 54.9 Å². The maximum Gasteiger partial charge on any atom is 0.181 e. The number of hydrogen-bond acceptors (Lipinski definition) is 5. The molecule has 2 aromatic heterocycles. The molecule has 0 aliphatic carbocycles. The second kappa shape index (κ2) is 6.24. The van der Waals surface area contributed by atoms with E-state index >= 15 is 0 Å². The lowest BCUT2D eigenvalue weighted by atomic mass is 10.1. The van der Waals surface area contributed by atoms with Crippen molar-refractivity contribution in [3.63, 3.8) is 0 Å². The van der Waals surface area contributed by atoms with Crippen LogP contribution in [0.1, 0.15) is 0 Å². The van der Waals surface area contributed by atoms with Gasteiger partial charge in [0.05, 0.1) is 20.5 Å². The third kappa shape index (κ3) is 2.78. The van der Waals surface area contributed by atoms with Crippen molar-refractivity contribution in [2.24, 2.45) is 0 Å². The minimum atomic E-state index is 0.619. The van der Waals surface area contributed by atoms with E-state index in [1.165, 1.54) is 0 Å². The van der Waals surface area contributed by atoms with E-state index in [4.69, 9.17) is 14.5 Å². The Morgan fingerprint density at radius 2 is 1.36 bits per heavy atom. The first-order valence-electron chi connectivity index (χ1n) is 7.78. The summed E-state index contributed by atoms with van der Waals surface area (Å²) >= 11 is 0. The number of nitrogens with one attached hydrogen (secondary N) is 1. The third-order valence-corrected chi connectivity index (χ3v) is 4.00. The Morgan fingerprint density at radius 3 is 1.96 bits per heavy atom. The average Bonchev–Trinajstić information content (AvgIpc) is 3.16. The molecule has 0 aliphatic rings. The fraction of sp³-hybridized carbons (Fsp3) is 0.105. The number of benzene rings is 2. The molecule has 4 aromatic rings. The highest BCUT2D eigenvalue weighted by molar-refractivity contribution is 5.88. The number of ether oxygens (including phenoxy) is 2. The molecule has 0 bridgehead atoms. The van der Waals surface area contributed by atoms with Crippen molar-refractivity contribution in [1.29, 1.82) is 0 Å². The van der Waals surface area contributed by atoms with E-state index in [0.29, 0.717) is 11.5 Å². The molecule has 0 radical (unpaired) electrons. The molecule has 0 unspecified atom stereocenters. The largest absolute Gasteiger partial charge is 0.497 e. The van der Waals surface area contributed by atoms with E-state index in [2.05, 4.69) is 15.0 Å². The molecule has 1 N–H and O–H groups in total. The van der Waals surface area contributed by atoms with Crippen LogP contribution in [-0.2, 0) is 0 Å². The van der Waals surface area contributed by atoms with Crippen LogP contribution < -0.4 is 9.47 Å². The summed E-state index contributed by atoms with van der Waals surface area (Å²) in [5.41, 5.74) is 4.11. The SMILES string of the molecule is COc1ccc(-c2nc(-c3ccc(OC)cc3)c3[nH]cnc3n2)cc1.